The Morgan fingerprint density at radius 3 is 2.50 bits per heavy atom. The van der Waals surface area contributed by atoms with Crippen molar-refractivity contribution in [1.29, 1.82) is 0 Å². The van der Waals surface area contributed by atoms with E-state index >= 15 is 0 Å². The van der Waals surface area contributed by atoms with Gasteiger partial charge in [0.25, 0.3) is 11.5 Å². The lowest BCUT2D eigenvalue weighted by atomic mass is 10.1. The summed E-state index contributed by atoms with van der Waals surface area (Å²) in [4.78, 5) is 34.4. The Hall–Kier alpha value is -2.18. The normalized spacial score (nSPS) is 9.79. The number of nitroso groups, excluding NO2 is 1. The highest BCUT2D eigenvalue weighted by Gasteiger charge is 2.16. The number of nitrogen functional groups attached to an aromatic ring is 1. The second-order valence-electron chi connectivity index (χ2n) is 2.67. The van der Waals surface area contributed by atoms with Gasteiger partial charge in [0, 0.05) is 5.56 Å². The number of hydrogen-bond acceptors (Lipinski definition) is 5. The average molecular weight is 196 g/mol. The molecule has 0 radical (unpaired) electrons. The number of primary amides is 1. The molecule has 0 aliphatic carbocycles. The predicted octanol–water partition coefficient (Wildman–Crippen LogP) is -0.238. The summed E-state index contributed by atoms with van der Waals surface area (Å²) in [5, 5.41) is 2.50. The van der Waals surface area contributed by atoms with Gasteiger partial charge < -0.3 is 16.5 Å². The summed E-state index contributed by atoms with van der Waals surface area (Å²) < 4.78 is 0. The van der Waals surface area contributed by atoms with Crippen LogP contribution in [0.3, 0.4) is 0 Å². The largest absolute Gasteiger partial charge is 0.385 e. The van der Waals surface area contributed by atoms with Crippen LogP contribution in [-0.4, -0.2) is 10.9 Å². The van der Waals surface area contributed by atoms with Crippen molar-refractivity contribution >= 4 is 17.4 Å². The molecule has 0 aliphatic rings. The minimum atomic E-state index is -0.818. The molecule has 0 saturated heterocycles. The van der Waals surface area contributed by atoms with Gasteiger partial charge in [0.1, 0.15) is 5.82 Å². The SMILES string of the molecule is Cc1c(C(N)=O)c(N)[nH]c(=O)c1N=O. The van der Waals surface area contributed by atoms with Crippen molar-refractivity contribution in [2.75, 3.05) is 5.73 Å². The molecule has 0 fully saturated rings. The topological polar surface area (TPSA) is 131 Å². The predicted molar refractivity (Wildman–Crippen MR) is 50.2 cm³/mol. The zero-order valence-corrected chi connectivity index (χ0v) is 7.33. The van der Waals surface area contributed by atoms with E-state index in [4.69, 9.17) is 11.5 Å². The van der Waals surface area contributed by atoms with E-state index < -0.39 is 11.5 Å². The summed E-state index contributed by atoms with van der Waals surface area (Å²) in [6, 6.07) is 0. The van der Waals surface area contributed by atoms with Crippen LogP contribution in [0.4, 0.5) is 11.5 Å². The molecule has 1 aromatic heterocycles. The van der Waals surface area contributed by atoms with E-state index in [1.54, 1.807) is 0 Å². The quantitative estimate of drug-likeness (QED) is 0.563. The first-order valence-corrected chi connectivity index (χ1v) is 3.64. The number of hydrogen-bond donors (Lipinski definition) is 3. The minimum absolute atomic E-state index is 0.0841. The molecule has 0 aromatic carbocycles. The summed E-state index contributed by atoms with van der Waals surface area (Å²) >= 11 is 0. The van der Waals surface area contributed by atoms with E-state index in [1.807, 2.05) is 0 Å². The highest BCUT2D eigenvalue weighted by Crippen LogP contribution is 2.19. The average Bonchev–Trinajstić information content (AvgIpc) is 2.02. The van der Waals surface area contributed by atoms with Crippen LogP contribution in [-0.2, 0) is 0 Å². The van der Waals surface area contributed by atoms with E-state index in [1.165, 1.54) is 6.92 Å². The van der Waals surface area contributed by atoms with Gasteiger partial charge in [-0.1, -0.05) is 0 Å². The Balaban J connectivity index is 3.69. The van der Waals surface area contributed by atoms with Crippen LogP contribution in [0.2, 0.25) is 0 Å². The van der Waals surface area contributed by atoms with Gasteiger partial charge in [0.05, 0.1) is 5.56 Å². The summed E-state index contributed by atoms with van der Waals surface area (Å²) in [6.45, 7) is 1.38. The van der Waals surface area contributed by atoms with Gasteiger partial charge in [-0.05, 0) is 12.1 Å². The van der Waals surface area contributed by atoms with Crippen LogP contribution < -0.4 is 17.0 Å². The van der Waals surface area contributed by atoms with E-state index in [2.05, 4.69) is 10.2 Å². The van der Waals surface area contributed by atoms with Gasteiger partial charge in [0.2, 0.25) is 0 Å². The standard InChI is InChI=1S/C7H8N4O3/c1-2-3(6(9)12)5(8)10-7(13)4(2)11-14/h1H3,(H2,9,12)(H3,8,10,13). The van der Waals surface area contributed by atoms with Gasteiger partial charge in [-0.25, -0.2) is 0 Å². The molecule has 14 heavy (non-hydrogen) atoms. The first kappa shape index (κ1) is 9.90. The molecular formula is C7H8N4O3. The molecule has 0 aliphatic heterocycles. The zero-order chi connectivity index (χ0) is 10.9. The lowest BCUT2D eigenvalue weighted by molar-refractivity contribution is 0.100. The molecule has 0 unspecified atom stereocenters. The van der Waals surface area contributed by atoms with Gasteiger partial charge in [-0.15, -0.1) is 4.91 Å². The highest BCUT2D eigenvalue weighted by atomic mass is 16.3. The molecule has 1 amide bonds. The van der Waals surface area contributed by atoms with E-state index in [9.17, 15) is 14.5 Å². The number of aromatic amines is 1. The summed E-state index contributed by atoms with van der Waals surface area (Å²) in [6.07, 6.45) is 0. The molecule has 7 heteroatoms. The maximum atomic E-state index is 11.1. The Labute approximate surface area is 78.1 Å². The molecule has 1 rings (SSSR count). The number of nitrogens with zero attached hydrogens (tertiary/aromatic N) is 1. The molecule has 0 atom stereocenters. The van der Waals surface area contributed by atoms with Crippen molar-refractivity contribution in [2.24, 2.45) is 10.9 Å². The fourth-order valence-corrected chi connectivity index (χ4v) is 1.16. The fourth-order valence-electron chi connectivity index (χ4n) is 1.16. The van der Waals surface area contributed by atoms with Crippen LogP contribution in [0.5, 0.6) is 0 Å². The van der Waals surface area contributed by atoms with Crippen LogP contribution in [0, 0.1) is 11.8 Å². The Kier molecular flexibility index (Phi) is 2.32. The monoisotopic (exact) mass is 196 g/mol. The van der Waals surface area contributed by atoms with Crippen LogP contribution in [0.15, 0.2) is 9.97 Å². The minimum Gasteiger partial charge on any atom is -0.385 e. The third-order valence-electron chi connectivity index (χ3n) is 1.80. The summed E-state index contributed by atoms with van der Waals surface area (Å²) in [5.41, 5.74) is 9.24. The smallest absolute Gasteiger partial charge is 0.279 e. The Morgan fingerprint density at radius 2 is 2.07 bits per heavy atom. The summed E-state index contributed by atoms with van der Waals surface area (Å²) in [5.74, 6) is -0.978. The van der Waals surface area contributed by atoms with Crippen molar-refractivity contribution in [3.8, 4) is 0 Å². The molecule has 1 aromatic rings. The first-order valence-electron chi connectivity index (χ1n) is 3.64. The molecule has 5 N–H and O–H groups in total. The molecular weight excluding hydrogens is 188 g/mol. The van der Waals surface area contributed by atoms with Crippen LogP contribution in [0.1, 0.15) is 15.9 Å². The third kappa shape index (κ3) is 1.35. The number of rotatable bonds is 2. The van der Waals surface area contributed by atoms with Crippen molar-refractivity contribution in [3.63, 3.8) is 0 Å². The zero-order valence-electron chi connectivity index (χ0n) is 7.33. The van der Waals surface area contributed by atoms with Gasteiger partial charge in [0.15, 0.2) is 5.69 Å². The number of carbonyl (C=O) groups excluding carboxylic acids is 1. The number of amides is 1. The number of H-pyrrole nitrogens is 1. The second kappa shape index (κ2) is 3.29. The summed E-state index contributed by atoms with van der Waals surface area (Å²) in [7, 11) is 0. The van der Waals surface area contributed by atoms with Crippen molar-refractivity contribution < 1.29 is 4.79 Å². The lowest BCUT2D eigenvalue weighted by Crippen LogP contribution is -2.21. The van der Waals surface area contributed by atoms with E-state index in [0.29, 0.717) is 0 Å². The molecule has 7 nitrogen and oxygen atoms in total. The number of aromatic nitrogens is 1. The van der Waals surface area contributed by atoms with Gasteiger partial charge >= 0.3 is 0 Å². The van der Waals surface area contributed by atoms with E-state index in [0.717, 1.165) is 0 Å². The van der Waals surface area contributed by atoms with Crippen LogP contribution in [0.25, 0.3) is 0 Å². The Morgan fingerprint density at radius 1 is 1.50 bits per heavy atom. The fraction of sp³-hybridized carbons (Fsp3) is 0.143. The number of nitrogens with two attached hydrogens (primary N) is 2. The van der Waals surface area contributed by atoms with Crippen molar-refractivity contribution in [2.45, 2.75) is 6.92 Å². The van der Waals surface area contributed by atoms with Gasteiger partial charge in [-0.3, -0.25) is 9.59 Å². The number of carbonyl (C=O) groups is 1. The maximum Gasteiger partial charge on any atom is 0.279 e. The number of nitrogens with one attached hydrogen (secondary N) is 1. The highest BCUT2D eigenvalue weighted by molar-refractivity contribution is 5.99. The third-order valence-corrected chi connectivity index (χ3v) is 1.80. The van der Waals surface area contributed by atoms with Crippen molar-refractivity contribution in [3.05, 3.63) is 26.4 Å². The lowest BCUT2D eigenvalue weighted by Gasteiger charge is -2.05. The molecule has 0 spiro atoms. The van der Waals surface area contributed by atoms with Crippen molar-refractivity contribution in [1.82, 2.24) is 4.98 Å². The van der Waals surface area contributed by atoms with Gasteiger partial charge in [-0.2, -0.15) is 0 Å². The first-order chi connectivity index (χ1) is 6.49. The molecule has 74 valence electrons. The second-order valence-corrected chi connectivity index (χ2v) is 2.67. The van der Waals surface area contributed by atoms with E-state index in [-0.39, 0.29) is 22.6 Å². The number of anilines is 1. The Bertz CT molecular complexity index is 463. The van der Waals surface area contributed by atoms with Crippen LogP contribution >= 0.6 is 0 Å². The molecule has 0 saturated carbocycles. The maximum absolute atomic E-state index is 11.1. The molecule has 1 heterocycles. The number of pyridine rings is 1. The molecule has 0 bridgehead atoms.